The highest BCUT2D eigenvalue weighted by Gasteiger charge is 2.40. The lowest BCUT2D eigenvalue weighted by Gasteiger charge is -2.28. The van der Waals surface area contributed by atoms with Crippen molar-refractivity contribution in [1.82, 2.24) is 0 Å². The summed E-state index contributed by atoms with van der Waals surface area (Å²) >= 11 is 0. The van der Waals surface area contributed by atoms with E-state index in [2.05, 4.69) is 86.3 Å². The molecule has 0 spiro atoms. The standard InChI is InChI=1S/C44H77NO2/c1-4-6-8-10-12-14-16-18-20-22-23-25-27-29-31-33-35-37-40-44(46-42-43(47-44)38-41-45-3)39-36-34-32-30-28-26-24-21-19-17-15-13-11-9-7-5-2/h15-18,21-24,28,30,43H,3-14,19-20,25-27,29,31-42H2,1-2H3/b17-15-,18-16-,23-22-,24-21-,30-28-. The highest BCUT2D eigenvalue weighted by atomic mass is 16.7. The Morgan fingerprint density at radius 2 is 0.915 bits per heavy atom. The molecule has 1 aliphatic heterocycles. The SMILES string of the molecule is C=NCCC1COC(CCCC/C=C\C/C=C\C/C=C\CCCCCC)(CCCCCCCC/C=C\C/C=C\CCCCCCC)O1. The zero-order valence-electron chi connectivity index (χ0n) is 31.3. The lowest BCUT2D eigenvalue weighted by atomic mass is 9.99. The fourth-order valence-electron chi connectivity index (χ4n) is 6.24. The number of ether oxygens (including phenoxy) is 2. The van der Waals surface area contributed by atoms with Gasteiger partial charge >= 0.3 is 0 Å². The minimum absolute atomic E-state index is 0.169. The van der Waals surface area contributed by atoms with Gasteiger partial charge in [0.1, 0.15) is 0 Å². The first kappa shape index (κ1) is 43.3. The van der Waals surface area contributed by atoms with Gasteiger partial charge in [0, 0.05) is 19.4 Å². The molecule has 0 radical (unpaired) electrons. The van der Waals surface area contributed by atoms with Crippen molar-refractivity contribution >= 4 is 6.72 Å². The van der Waals surface area contributed by atoms with E-state index in [4.69, 9.17) is 9.47 Å². The Morgan fingerprint density at radius 3 is 1.40 bits per heavy atom. The average Bonchev–Trinajstić information content (AvgIpc) is 3.49. The summed E-state index contributed by atoms with van der Waals surface area (Å²) < 4.78 is 12.9. The zero-order chi connectivity index (χ0) is 33.8. The third-order valence-corrected chi connectivity index (χ3v) is 9.23. The van der Waals surface area contributed by atoms with Gasteiger partial charge in [0.2, 0.25) is 0 Å². The summed E-state index contributed by atoms with van der Waals surface area (Å²) in [5, 5.41) is 0. The maximum atomic E-state index is 6.55. The molecule has 2 unspecified atom stereocenters. The van der Waals surface area contributed by atoms with Gasteiger partial charge in [-0.05, 0) is 96.6 Å². The summed E-state index contributed by atoms with van der Waals surface area (Å²) in [6, 6.07) is 0. The van der Waals surface area contributed by atoms with Crippen LogP contribution in [-0.4, -0.2) is 31.8 Å². The monoisotopic (exact) mass is 652 g/mol. The van der Waals surface area contributed by atoms with Crippen LogP contribution in [0.3, 0.4) is 0 Å². The van der Waals surface area contributed by atoms with Gasteiger partial charge in [-0.2, -0.15) is 0 Å². The van der Waals surface area contributed by atoms with E-state index in [9.17, 15) is 0 Å². The molecule has 3 nitrogen and oxygen atoms in total. The Balaban J connectivity index is 2.15. The molecular weight excluding hydrogens is 574 g/mol. The van der Waals surface area contributed by atoms with E-state index < -0.39 is 0 Å². The van der Waals surface area contributed by atoms with Gasteiger partial charge in [-0.25, -0.2) is 0 Å². The smallest absolute Gasteiger partial charge is 0.168 e. The fraction of sp³-hybridized carbons (Fsp3) is 0.750. The second kappa shape index (κ2) is 34.2. The normalized spacial score (nSPS) is 18.8. The Labute approximate surface area is 293 Å². The van der Waals surface area contributed by atoms with Crippen LogP contribution in [0.15, 0.2) is 65.8 Å². The van der Waals surface area contributed by atoms with Gasteiger partial charge in [0.15, 0.2) is 5.79 Å². The van der Waals surface area contributed by atoms with Crippen molar-refractivity contribution in [2.45, 2.75) is 199 Å². The number of unbranched alkanes of at least 4 members (excludes halogenated alkanes) is 17. The molecule has 270 valence electrons. The van der Waals surface area contributed by atoms with E-state index >= 15 is 0 Å². The molecule has 1 fully saturated rings. The van der Waals surface area contributed by atoms with E-state index in [1.807, 2.05) is 0 Å². The number of hydrogen-bond donors (Lipinski definition) is 0. The van der Waals surface area contributed by atoms with Crippen molar-refractivity contribution in [3.05, 3.63) is 60.8 Å². The summed E-state index contributed by atoms with van der Waals surface area (Å²) in [5.41, 5.74) is 0. The maximum absolute atomic E-state index is 6.55. The molecule has 0 bridgehead atoms. The second-order valence-corrected chi connectivity index (χ2v) is 13.7. The van der Waals surface area contributed by atoms with Gasteiger partial charge in [-0.1, -0.05) is 145 Å². The lowest BCUT2D eigenvalue weighted by Crippen LogP contribution is -2.31. The highest BCUT2D eigenvalue weighted by Crippen LogP contribution is 2.35. The molecule has 0 aromatic heterocycles. The summed E-state index contributed by atoms with van der Waals surface area (Å²) in [7, 11) is 0. The Kier molecular flexibility index (Phi) is 31.5. The minimum Gasteiger partial charge on any atom is -0.347 e. The van der Waals surface area contributed by atoms with Crippen molar-refractivity contribution in [2.75, 3.05) is 13.2 Å². The maximum Gasteiger partial charge on any atom is 0.168 e. The molecule has 0 aliphatic carbocycles. The topological polar surface area (TPSA) is 30.8 Å². The van der Waals surface area contributed by atoms with E-state index in [1.165, 1.54) is 122 Å². The van der Waals surface area contributed by atoms with Crippen LogP contribution in [0.2, 0.25) is 0 Å². The van der Waals surface area contributed by atoms with Crippen LogP contribution >= 0.6 is 0 Å². The van der Waals surface area contributed by atoms with Gasteiger partial charge in [0.05, 0.1) is 12.7 Å². The van der Waals surface area contributed by atoms with Crippen molar-refractivity contribution in [3.63, 3.8) is 0 Å². The minimum atomic E-state index is -0.379. The van der Waals surface area contributed by atoms with Gasteiger partial charge in [-0.15, -0.1) is 0 Å². The Bertz CT molecular complexity index is 825. The second-order valence-electron chi connectivity index (χ2n) is 13.7. The molecule has 3 heteroatoms. The predicted molar refractivity (Wildman–Crippen MR) is 210 cm³/mol. The zero-order valence-corrected chi connectivity index (χ0v) is 31.3. The van der Waals surface area contributed by atoms with Crippen LogP contribution in [0.5, 0.6) is 0 Å². The van der Waals surface area contributed by atoms with Crippen molar-refractivity contribution < 1.29 is 9.47 Å². The Morgan fingerprint density at radius 1 is 0.532 bits per heavy atom. The molecule has 0 N–H and O–H groups in total. The molecule has 1 heterocycles. The summed E-state index contributed by atoms with van der Waals surface area (Å²) in [6.45, 7) is 9.65. The number of aliphatic imine (C=N–C) groups is 1. The summed E-state index contributed by atoms with van der Waals surface area (Å²) in [5.74, 6) is -0.379. The number of rotatable bonds is 34. The lowest BCUT2D eigenvalue weighted by molar-refractivity contribution is -0.179. The molecule has 0 amide bonds. The molecule has 1 aliphatic rings. The largest absolute Gasteiger partial charge is 0.347 e. The average molecular weight is 652 g/mol. The third kappa shape index (κ3) is 27.9. The number of hydrogen-bond acceptors (Lipinski definition) is 3. The van der Waals surface area contributed by atoms with Crippen LogP contribution < -0.4 is 0 Å². The van der Waals surface area contributed by atoms with Crippen LogP contribution in [-0.2, 0) is 9.47 Å². The molecule has 2 atom stereocenters. The molecule has 1 rings (SSSR count). The molecule has 0 aromatic rings. The highest BCUT2D eigenvalue weighted by molar-refractivity contribution is 5.23. The van der Waals surface area contributed by atoms with Gasteiger partial charge < -0.3 is 14.5 Å². The van der Waals surface area contributed by atoms with Crippen LogP contribution in [0.4, 0.5) is 0 Å². The van der Waals surface area contributed by atoms with Crippen molar-refractivity contribution in [3.8, 4) is 0 Å². The van der Waals surface area contributed by atoms with E-state index in [0.717, 1.165) is 57.9 Å². The molecular formula is C44H77NO2. The molecule has 47 heavy (non-hydrogen) atoms. The van der Waals surface area contributed by atoms with Gasteiger partial charge in [-0.3, -0.25) is 0 Å². The quantitative estimate of drug-likeness (QED) is 0.0394. The van der Waals surface area contributed by atoms with Crippen LogP contribution in [0.25, 0.3) is 0 Å². The van der Waals surface area contributed by atoms with E-state index in [0.29, 0.717) is 6.61 Å². The Hall–Kier alpha value is -1.71. The first-order valence-corrected chi connectivity index (χ1v) is 20.3. The molecule has 1 saturated heterocycles. The number of nitrogens with zero attached hydrogens (tertiary/aromatic N) is 1. The summed E-state index contributed by atoms with van der Waals surface area (Å²) in [6.07, 6.45) is 56.8. The third-order valence-electron chi connectivity index (χ3n) is 9.23. The molecule has 0 aromatic carbocycles. The van der Waals surface area contributed by atoms with Gasteiger partial charge in [0.25, 0.3) is 0 Å². The van der Waals surface area contributed by atoms with E-state index in [-0.39, 0.29) is 11.9 Å². The van der Waals surface area contributed by atoms with Crippen molar-refractivity contribution in [1.29, 1.82) is 0 Å². The number of allylic oxidation sites excluding steroid dienone is 10. The van der Waals surface area contributed by atoms with Crippen LogP contribution in [0.1, 0.15) is 187 Å². The summed E-state index contributed by atoms with van der Waals surface area (Å²) in [4.78, 5) is 4.04. The predicted octanol–water partition coefficient (Wildman–Crippen LogP) is 14.2. The van der Waals surface area contributed by atoms with Crippen LogP contribution in [0, 0.1) is 0 Å². The van der Waals surface area contributed by atoms with Crippen molar-refractivity contribution in [2.24, 2.45) is 4.99 Å². The molecule has 0 saturated carbocycles. The van der Waals surface area contributed by atoms with E-state index in [1.54, 1.807) is 0 Å². The fourth-order valence-corrected chi connectivity index (χ4v) is 6.24. The first-order valence-electron chi connectivity index (χ1n) is 20.3. The first-order chi connectivity index (χ1) is 23.3.